The highest BCUT2D eigenvalue weighted by atomic mass is 79.9. The van der Waals surface area contributed by atoms with Crippen LogP contribution in [0, 0.1) is 0 Å². The molecule has 0 aromatic carbocycles. The molecule has 4 nitrogen and oxygen atoms in total. The molecular formula is C11H12BrN3O. The maximum absolute atomic E-state index is 5.67. The number of rotatable bonds is 4. The molecule has 2 rings (SSSR count). The predicted molar refractivity (Wildman–Crippen MR) is 64.5 cm³/mol. The van der Waals surface area contributed by atoms with E-state index in [9.17, 15) is 0 Å². The molecule has 0 aliphatic carbocycles. The van der Waals surface area contributed by atoms with Gasteiger partial charge in [0.25, 0.3) is 0 Å². The number of ether oxygens (including phenoxy) is 1. The summed E-state index contributed by atoms with van der Waals surface area (Å²) in [4.78, 5) is 3.97. The van der Waals surface area contributed by atoms with Crippen LogP contribution in [0.4, 0.5) is 0 Å². The number of halogens is 1. The van der Waals surface area contributed by atoms with Crippen molar-refractivity contribution in [2.45, 2.75) is 19.9 Å². The largest absolute Gasteiger partial charge is 0.453 e. The molecule has 0 saturated heterocycles. The summed E-state index contributed by atoms with van der Waals surface area (Å²) in [5, 5.41) is 4.19. The molecule has 0 radical (unpaired) electrons. The average molecular weight is 282 g/mol. The van der Waals surface area contributed by atoms with Gasteiger partial charge in [0, 0.05) is 25.0 Å². The van der Waals surface area contributed by atoms with E-state index in [2.05, 4.69) is 32.9 Å². The fraction of sp³-hybridized carbons (Fsp3) is 0.273. The first-order valence-electron chi connectivity index (χ1n) is 5.09. The average Bonchev–Trinajstić information content (AvgIpc) is 2.70. The monoisotopic (exact) mass is 281 g/mol. The Morgan fingerprint density at radius 3 is 3.06 bits per heavy atom. The van der Waals surface area contributed by atoms with Crippen LogP contribution in [0.25, 0.3) is 0 Å². The molecule has 0 aliphatic heterocycles. The van der Waals surface area contributed by atoms with Crippen molar-refractivity contribution in [2.75, 3.05) is 0 Å². The zero-order valence-electron chi connectivity index (χ0n) is 8.93. The zero-order valence-corrected chi connectivity index (χ0v) is 10.5. The normalized spacial score (nSPS) is 10.4. The molecule has 0 aliphatic rings. The first-order chi connectivity index (χ1) is 7.79. The lowest BCUT2D eigenvalue weighted by molar-refractivity contribution is 0.477. The third-order valence-corrected chi connectivity index (χ3v) is 2.62. The number of aromatic nitrogens is 3. The van der Waals surface area contributed by atoms with Gasteiger partial charge >= 0.3 is 0 Å². The number of hydrogen-bond donors (Lipinski definition) is 0. The lowest BCUT2D eigenvalue weighted by Crippen LogP contribution is -1.95. The summed E-state index contributed by atoms with van der Waals surface area (Å²) in [6.45, 7) is 3.02. The number of aryl methyl sites for hydroxylation is 1. The summed E-state index contributed by atoms with van der Waals surface area (Å²) in [6.07, 6.45) is 8.04. The first kappa shape index (κ1) is 11.1. The van der Waals surface area contributed by atoms with Gasteiger partial charge in [-0.3, -0.25) is 9.67 Å². The van der Waals surface area contributed by atoms with Gasteiger partial charge in [-0.1, -0.05) is 6.92 Å². The second-order valence-electron chi connectivity index (χ2n) is 3.35. The summed E-state index contributed by atoms with van der Waals surface area (Å²) < 4.78 is 8.36. The van der Waals surface area contributed by atoms with E-state index in [4.69, 9.17) is 4.74 Å². The number of pyridine rings is 1. The Balaban J connectivity index is 2.11. The van der Waals surface area contributed by atoms with E-state index in [1.54, 1.807) is 24.7 Å². The molecule has 84 valence electrons. The van der Waals surface area contributed by atoms with Crippen LogP contribution in [-0.4, -0.2) is 14.8 Å². The summed E-state index contributed by atoms with van der Waals surface area (Å²) in [6, 6.07) is 1.81. The topological polar surface area (TPSA) is 39.9 Å². The highest BCUT2D eigenvalue weighted by molar-refractivity contribution is 9.10. The third kappa shape index (κ3) is 2.61. The molecule has 0 atom stereocenters. The van der Waals surface area contributed by atoms with Crippen molar-refractivity contribution in [3.05, 3.63) is 35.3 Å². The Morgan fingerprint density at radius 1 is 1.44 bits per heavy atom. The lowest BCUT2D eigenvalue weighted by Gasteiger charge is -2.03. The molecule has 2 aromatic heterocycles. The van der Waals surface area contributed by atoms with Crippen molar-refractivity contribution in [3.8, 4) is 11.5 Å². The maximum atomic E-state index is 5.67. The molecule has 2 aromatic rings. The van der Waals surface area contributed by atoms with Crippen molar-refractivity contribution in [2.24, 2.45) is 0 Å². The maximum Gasteiger partial charge on any atom is 0.165 e. The van der Waals surface area contributed by atoms with Gasteiger partial charge in [0.15, 0.2) is 5.75 Å². The smallest absolute Gasteiger partial charge is 0.165 e. The minimum Gasteiger partial charge on any atom is -0.453 e. The molecular weight excluding hydrogens is 270 g/mol. The molecule has 0 amide bonds. The molecule has 0 N–H and O–H groups in total. The standard InChI is InChI=1S/C11H12BrN3O/c1-2-5-15-8-9(6-14-15)16-11-3-4-13-7-10(11)12/h3-4,6-8H,2,5H2,1H3. The van der Waals surface area contributed by atoms with Crippen LogP contribution >= 0.6 is 15.9 Å². The fourth-order valence-corrected chi connectivity index (χ4v) is 1.65. The minimum absolute atomic E-state index is 0.736. The highest BCUT2D eigenvalue weighted by Gasteiger charge is 2.04. The molecule has 0 spiro atoms. The second-order valence-corrected chi connectivity index (χ2v) is 4.20. The molecule has 0 saturated carbocycles. The molecule has 0 unspecified atom stereocenters. The quantitative estimate of drug-likeness (QED) is 0.864. The Morgan fingerprint density at radius 2 is 2.31 bits per heavy atom. The van der Waals surface area contributed by atoms with Gasteiger partial charge in [-0.25, -0.2) is 0 Å². The summed E-state index contributed by atoms with van der Waals surface area (Å²) in [7, 11) is 0. The van der Waals surface area contributed by atoms with Gasteiger partial charge in [0.05, 0.1) is 16.9 Å². The van der Waals surface area contributed by atoms with Crippen LogP contribution in [0.2, 0.25) is 0 Å². The molecule has 0 bridgehead atoms. The summed E-state index contributed by atoms with van der Waals surface area (Å²) in [5.74, 6) is 1.48. The van der Waals surface area contributed by atoms with Crippen molar-refractivity contribution in [1.82, 2.24) is 14.8 Å². The predicted octanol–water partition coefficient (Wildman–Crippen LogP) is 3.24. The van der Waals surface area contributed by atoms with E-state index in [1.807, 2.05) is 10.9 Å². The van der Waals surface area contributed by atoms with Gasteiger partial charge in [0.2, 0.25) is 0 Å². The molecule has 5 heteroatoms. The van der Waals surface area contributed by atoms with Gasteiger partial charge in [0.1, 0.15) is 5.75 Å². The summed E-state index contributed by atoms with van der Waals surface area (Å²) in [5.41, 5.74) is 0. The van der Waals surface area contributed by atoms with Gasteiger partial charge < -0.3 is 4.74 Å². The van der Waals surface area contributed by atoms with E-state index in [0.717, 1.165) is 28.9 Å². The van der Waals surface area contributed by atoms with Crippen molar-refractivity contribution in [1.29, 1.82) is 0 Å². The van der Waals surface area contributed by atoms with Gasteiger partial charge in [-0.2, -0.15) is 5.10 Å². The number of nitrogens with zero attached hydrogens (tertiary/aromatic N) is 3. The Kier molecular flexibility index (Phi) is 3.56. The van der Waals surface area contributed by atoms with E-state index in [1.165, 1.54) is 0 Å². The molecule has 16 heavy (non-hydrogen) atoms. The van der Waals surface area contributed by atoms with Crippen LogP contribution in [0.3, 0.4) is 0 Å². The van der Waals surface area contributed by atoms with Crippen LogP contribution in [0.5, 0.6) is 11.5 Å². The van der Waals surface area contributed by atoms with Gasteiger partial charge in [-0.05, 0) is 22.4 Å². The van der Waals surface area contributed by atoms with Crippen molar-refractivity contribution in [3.63, 3.8) is 0 Å². The van der Waals surface area contributed by atoms with Crippen molar-refractivity contribution < 1.29 is 4.74 Å². The van der Waals surface area contributed by atoms with E-state index in [0.29, 0.717) is 0 Å². The zero-order chi connectivity index (χ0) is 11.4. The Labute approximate surface area is 102 Å². The Bertz CT molecular complexity index is 470. The van der Waals surface area contributed by atoms with E-state index >= 15 is 0 Å². The van der Waals surface area contributed by atoms with E-state index < -0.39 is 0 Å². The third-order valence-electron chi connectivity index (χ3n) is 2.03. The molecule has 0 fully saturated rings. The van der Waals surface area contributed by atoms with Gasteiger partial charge in [-0.15, -0.1) is 0 Å². The first-order valence-corrected chi connectivity index (χ1v) is 5.88. The Hall–Kier alpha value is -1.36. The fourth-order valence-electron chi connectivity index (χ4n) is 1.32. The summed E-state index contributed by atoms with van der Waals surface area (Å²) >= 11 is 3.38. The van der Waals surface area contributed by atoms with E-state index in [-0.39, 0.29) is 0 Å². The SMILES string of the molecule is CCCn1cc(Oc2ccncc2Br)cn1. The van der Waals surface area contributed by atoms with Crippen LogP contribution in [0.15, 0.2) is 35.3 Å². The lowest BCUT2D eigenvalue weighted by atomic mass is 10.4. The number of hydrogen-bond acceptors (Lipinski definition) is 3. The second kappa shape index (κ2) is 5.12. The van der Waals surface area contributed by atoms with Crippen molar-refractivity contribution >= 4 is 15.9 Å². The van der Waals surface area contributed by atoms with Crippen LogP contribution < -0.4 is 4.74 Å². The van der Waals surface area contributed by atoms with Crippen LogP contribution in [-0.2, 0) is 6.54 Å². The highest BCUT2D eigenvalue weighted by Crippen LogP contribution is 2.27. The molecule has 2 heterocycles. The van der Waals surface area contributed by atoms with Crippen LogP contribution in [0.1, 0.15) is 13.3 Å². The minimum atomic E-state index is 0.736.